The van der Waals surface area contributed by atoms with E-state index < -0.39 is 0 Å². The van der Waals surface area contributed by atoms with Gasteiger partial charge in [0.05, 0.1) is 26.4 Å². The Kier molecular flexibility index (Phi) is 8.41. The second-order valence-corrected chi connectivity index (χ2v) is 5.78. The maximum absolute atomic E-state index is 5.45. The summed E-state index contributed by atoms with van der Waals surface area (Å²) in [6, 6.07) is 11.0. The molecule has 1 fully saturated rings. The lowest BCUT2D eigenvalue weighted by Crippen LogP contribution is -2.44. The molecule has 0 bridgehead atoms. The van der Waals surface area contributed by atoms with Crippen molar-refractivity contribution in [1.82, 2.24) is 10.6 Å². The summed E-state index contributed by atoms with van der Waals surface area (Å²) < 4.78 is 10.4. The van der Waals surface area contributed by atoms with Crippen LogP contribution in [0.25, 0.3) is 0 Å². The van der Waals surface area contributed by atoms with Crippen LogP contribution in [0.15, 0.2) is 35.3 Å². The number of methoxy groups -OCH3 is 1. The third-order valence-corrected chi connectivity index (χ3v) is 3.93. The van der Waals surface area contributed by atoms with Crippen molar-refractivity contribution in [2.75, 3.05) is 58.0 Å². The fraction of sp³-hybridized carbons (Fsp3) is 0.611. The van der Waals surface area contributed by atoms with E-state index in [1.54, 1.807) is 7.11 Å². The highest BCUT2D eigenvalue weighted by molar-refractivity contribution is 5.80. The molecular formula is C18H30N4O2. The highest BCUT2D eigenvalue weighted by Gasteiger charge is 2.23. The van der Waals surface area contributed by atoms with Gasteiger partial charge in [-0.25, -0.2) is 0 Å². The topological polar surface area (TPSA) is 58.1 Å². The normalized spacial score (nSPS) is 18.0. The highest BCUT2D eigenvalue weighted by Crippen LogP contribution is 2.19. The molecule has 1 aliphatic rings. The number of rotatable bonds is 9. The second-order valence-electron chi connectivity index (χ2n) is 5.78. The van der Waals surface area contributed by atoms with Gasteiger partial charge in [-0.15, -0.1) is 0 Å². The van der Waals surface area contributed by atoms with Gasteiger partial charge in [-0.3, -0.25) is 4.99 Å². The molecule has 6 heteroatoms. The molecule has 0 spiro atoms. The van der Waals surface area contributed by atoms with Gasteiger partial charge < -0.3 is 25.0 Å². The molecule has 1 atom stereocenters. The van der Waals surface area contributed by atoms with Gasteiger partial charge >= 0.3 is 0 Å². The minimum absolute atomic E-state index is 0.414. The van der Waals surface area contributed by atoms with E-state index in [9.17, 15) is 0 Å². The van der Waals surface area contributed by atoms with E-state index >= 15 is 0 Å². The van der Waals surface area contributed by atoms with E-state index in [2.05, 4.69) is 57.8 Å². The van der Waals surface area contributed by atoms with E-state index in [0.29, 0.717) is 32.4 Å². The molecule has 0 aliphatic carbocycles. The van der Waals surface area contributed by atoms with Crippen molar-refractivity contribution in [3.8, 4) is 0 Å². The molecule has 1 aromatic rings. The Morgan fingerprint density at radius 3 is 2.83 bits per heavy atom. The SMILES string of the molecule is CCNC(=NCCOCCOC)NC1CCN(c2ccccc2)C1. The zero-order valence-corrected chi connectivity index (χ0v) is 14.8. The quantitative estimate of drug-likeness (QED) is 0.407. The Balaban J connectivity index is 1.76. The third kappa shape index (κ3) is 6.37. The number of nitrogens with zero attached hydrogens (tertiary/aromatic N) is 2. The minimum atomic E-state index is 0.414. The lowest BCUT2D eigenvalue weighted by molar-refractivity contribution is 0.0748. The molecule has 134 valence electrons. The predicted octanol–water partition coefficient (Wildman–Crippen LogP) is 1.48. The van der Waals surface area contributed by atoms with E-state index in [-0.39, 0.29) is 0 Å². The van der Waals surface area contributed by atoms with Gasteiger partial charge in [0.2, 0.25) is 0 Å². The fourth-order valence-corrected chi connectivity index (χ4v) is 2.73. The molecule has 0 aromatic heterocycles. The van der Waals surface area contributed by atoms with Gasteiger partial charge in [-0.1, -0.05) is 18.2 Å². The first-order valence-electron chi connectivity index (χ1n) is 8.75. The summed E-state index contributed by atoms with van der Waals surface area (Å²) in [5, 5.41) is 6.84. The lowest BCUT2D eigenvalue weighted by atomic mass is 10.3. The van der Waals surface area contributed by atoms with Crippen LogP contribution in [0.1, 0.15) is 13.3 Å². The van der Waals surface area contributed by atoms with E-state index in [1.165, 1.54) is 5.69 Å². The molecular weight excluding hydrogens is 304 g/mol. The Morgan fingerprint density at radius 1 is 1.25 bits per heavy atom. The number of anilines is 1. The van der Waals surface area contributed by atoms with Crippen LogP contribution >= 0.6 is 0 Å². The fourth-order valence-electron chi connectivity index (χ4n) is 2.73. The van der Waals surface area contributed by atoms with Crippen LogP contribution in [0, 0.1) is 0 Å². The van der Waals surface area contributed by atoms with Crippen LogP contribution in [0.3, 0.4) is 0 Å². The van der Waals surface area contributed by atoms with Crippen LogP contribution in [0.2, 0.25) is 0 Å². The second kappa shape index (κ2) is 10.9. The largest absolute Gasteiger partial charge is 0.382 e. The summed E-state index contributed by atoms with van der Waals surface area (Å²) in [5.74, 6) is 0.868. The average Bonchev–Trinajstić information content (AvgIpc) is 3.07. The summed E-state index contributed by atoms with van der Waals surface area (Å²) in [4.78, 5) is 6.99. The van der Waals surface area contributed by atoms with Gasteiger partial charge in [0.15, 0.2) is 5.96 Å². The molecule has 0 radical (unpaired) electrons. The smallest absolute Gasteiger partial charge is 0.191 e. The summed E-state index contributed by atoms with van der Waals surface area (Å²) in [7, 11) is 1.68. The minimum Gasteiger partial charge on any atom is -0.382 e. The zero-order valence-electron chi connectivity index (χ0n) is 14.8. The number of aliphatic imine (C=N–C) groups is 1. The average molecular weight is 334 g/mol. The highest BCUT2D eigenvalue weighted by atomic mass is 16.5. The monoisotopic (exact) mass is 334 g/mol. The molecule has 1 heterocycles. The maximum atomic E-state index is 5.45. The Bertz CT molecular complexity index is 481. The van der Waals surface area contributed by atoms with Crippen molar-refractivity contribution < 1.29 is 9.47 Å². The van der Waals surface area contributed by atoms with Crippen LogP contribution in [-0.2, 0) is 9.47 Å². The number of ether oxygens (including phenoxy) is 2. The Morgan fingerprint density at radius 2 is 2.08 bits per heavy atom. The first kappa shape index (κ1) is 18.5. The van der Waals surface area contributed by atoms with Gasteiger partial charge in [0.25, 0.3) is 0 Å². The van der Waals surface area contributed by atoms with E-state index in [4.69, 9.17) is 9.47 Å². The number of para-hydroxylation sites is 1. The van der Waals surface area contributed by atoms with Crippen molar-refractivity contribution in [3.63, 3.8) is 0 Å². The number of guanidine groups is 1. The van der Waals surface area contributed by atoms with Crippen molar-refractivity contribution in [2.45, 2.75) is 19.4 Å². The van der Waals surface area contributed by atoms with Crippen LogP contribution in [0.5, 0.6) is 0 Å². The summed E-state index contributed by atoms with van der Waals surface area (Å²) >= 11 is 0. The number of benzene rings is 1. The van der Waals surface area contributed by atoms with Crippen LogP contribution in [0.4, 0.5) is 5.69 Å². The predicted molar refractivity (Wildman–Crippen MR) is 98.9 cm³/mol. The molecule has 1 aromatic carbocycles. The molecule has 1 saturated heterocycles. The Labute approximate surface area is 145 Å². The van der Waals surface area contributed by atoms with Crippen molar-refractivity contribution >= 4 is 11.6 Å². The first-order chi connectivity index (χ1) is 11.8. The first-order valence-corrected chi connectivity index (χ1v) is 8.75. The van der Waals surface area contributed by atoms with Gasteiger partial charge in [-0.05, 0) is 25.5 Å². The zero-order chi connectivity index (χ0) is 17.0. The van der Waals surface area contributed by atoms with Crippen molar-refractivity contribution in [3.05, 3.63) is 30.3 Å². The molecule has 6 nitrogen and oxygen atoms in total. The van der Waals surface area contributed by atoms with Crippen molar-refractivity contribution in [1.29, 1.82) is 0 Å². The molecule has 2 N–H and O–H groups in total. The molecule has 0 saturated carbocycles. The van der Waals surface area contributed by atoms with E-state index in [0.717, 1.165) is 32.0 Å². The number of hydrogen-bond donors (Lipinski definition) is 2. The maximum Gasteiger partial charge on any atom is 0.191 e. The summed E-state index contributed by atoms with van der Waals surface area (Å²) in [6.45, 7) is 7.50. The molecule has 2 rings (SSSR count). The van der Waals surface area contributed by atoms with Gasteiger partial charge in [-0.2, -0.15) is 0 Å². The van der Waals surface area contributed by atoms with E-state index in [1.807, 2.05) is 0 Å². The summed E-state index contributed by atoms with van der Waals surface area (Å²) in [6.07, 6.45) is 1.11. The standard InChI is InChI=1S/C18H30N4O2/c1-3-19-18(20-10-12-24-14-13-23-2)21-16-9-11-22(15-16)17-7-5-4-6-8-17/h4-8,16H,3,9-15H2,1-2H3,(H2,19,20,21). The van der Waals surface area contributed by atoms with Crippen molar-refractivity contribution in [2.24, 2.45) is 4.99 Å². The van der Waals surface area contributed by atoms with Gasteiger partial charge in [0, 0.05) is 38.5 Å². The molecule has 1 aliphatic heterocycles. The molecule has 0 amide bonds. The van der Waals surface area contributed by atoms with Gasteiger partial charge in [0.1, 0.15) is 0 Å². The lowest BCUT2D eigenvalue weighted by Gasteiger charge is -2.20. The Hall–Kier alpha value is -1.79. The molecule has 1 unspecified atom stereocenters. The molecule has 24 heavy (non-hydrogen) atoms. The number of nitrogens with one attached hydrogen (secondary N) is 2. The third-order valence-electron chi connectivity index (χ3n) is 3.93. The number of hydrogen-bond acceptors (Lipinski definition) is 4. The van der Waals surface area contributed by atoms with Crippen LogP contribution in [-0.4, -0.2) is 65.1 Å². The van der Waals surface area contributed by atoms with Crippen LogP contribution < -0.4 is 15.5 Å². The summed E-state index contributed by atoms with van der Waals surface area (Å²) in [5.41, 5.74) is 1.29.